The average Bonchev–Trinajstić information content (AvgIpc) is 2.93. The smallest absolute Gasteiger partial charge is 0.117 e. The van der Waals surface area contributed by atoms with Gasteiger partial charge >= 0.3 is 0 Å². The van der Waals surface area contributed by atoms with E-state index in [1.807, 2.05) is 0 Å². The van der Waals surface area contributed by atoms with Crippen LogP contribution in [0.1, 0.15) is 49.5 Å². The molecule has 2 rings (SSSR count). The van der Waals surface area contributed by atoms with Crippen LogP contribution in [0.5, 0.6) is 0 Å². The standard InChI is InChI=1S/C17H23NO/c1-4-14-6-8-15(9-7-14)13(3)18-12-17-11-10-16(5-2)19-17/h6-11,13,18H,4-5,12H2,1-3H3. The Hall–Kier alpha value is -1.54. The van der Waals surface area contributed by atoms with Crippen LogP contribution >= 0.6 is 0 Å². The fourth-order valence-electron chi connectivity index (χ4n) is 2.12. The van der Waals surface area contributed by atoms with Crippen molar-refractivity contribution in [1.82, 2.24) is 5.32 Å². The Labute approximate surface area is 115 Å². The van der Waals surface area contributed by atoms with Crippen LogP contribution in [0.3, 0.4) is 0 Å². The van der Waals surface area contributed by atoms with Crippen LogP contribution in [0.2, 0.25) is 0 Å². The number of furan rings is 1. The number of hydrogen-bond donors (Lipinski definition) is 1. The fourth-order valence-corrected chi connectivity index (χ4v) is 2.12. The monoisotopic (exact) mass is 257 g/mol. The molecule has 1 heterocycles. The van der Waals surface area contributed by atoms with E-state index in [4.69, 9.17) is 4.42 Å². The minimum absolute atomic E-state index is 0.334. The Morgan fingerprint density at radius 2 is 1.63 bits per heavy atom. The number of rotatable bonds is 6. The molecule has 102 valence electrons. The lowest BCUT2D eigenvalue weighted by atomic mass is 10.1. The van der Waals surface area contributed by atoms with E-state index in [1.54, 1.807) is 0 Å². The molecule has 0 spiro atoms. The average molecular weight is 257 g/mol. The second-order valence-corrected chi connectivity index (χ2v) is 4.92. The number of nitrogens with one attached hydrogen (secondary N) is 1. The maximum absolute atomic E-state index is 5.69. The molecule has 0 radical (unpaired) electrons. The van der Waals surface area contributed by atoms with E-state index in [-0.39, 0.29) is 0 Å². The van der Waals surface area contributed by atoms with Gasteiger partial charge < -0.3 is 9.73 Å². The molecule has 0 aliphatic carbocycles. The van der Waals surface area contributed by atoms with Crippen molar-refractivity contribution in [1.29, 1.82) is 0 Å². The molecule has 2 heteroatoms. The third-order valence-corrected chi connectivity index (χ3v) is 3.54. The second kappa shape index (κ2) is 6.58. The molecule has 1 aromatic carbocycles. The summed E-state index contributed by atoms with van der Waals surface area (Å²) >= 11 is 0. The second-order valence-electron chi connectivity index (χ2n) is 4.92. The summed E-state index contributed by atoms with van der Waals surface area (Å²) in [5.74, 6) is 2.06. The molecule has 1 unspecified atom stereocenters. The Bertz CT molecular complexity index is 498. The van der Waals surface area contributed by atoms with Gasteiger partial charge in [-0.2, -0.15) is 0 Å². The van der Waals surface area contributed by atoms with Crippen molar-refractivity contribution in [3.8, 4) is 0 Å². The third kappa shape index (κ3) is 3.71. The predicted molar refractivity (Wildman–Crippen MR) is 79.2 cm³/mol. The summed E-state index contributed by atoms with van der Waals surface area (Å²) in [6.07, 6.45) is 2.04. The molecule has 1 N–H and O–H groups in total. The van der Waals surface area contributed by atoms with E-state index >= 15 is 0 Å². The van der Waals surface area contributed by atoms with Gasteiger partial charge in [-0.15, -0.1) is 0 Å². The fraction of sp³-hybridized carbons (Fsp3) is 0.412. The molecule has 0 bridgehead atoms. The van der Waals surface area contributed by atoms with Crippen molar-refractivity contribution in [2.45, 2.75) is 46.2 Å². The van der Waals surface area contributed by atoms with Crippen LogP contribution in [-0.2, 0) is 19.4 Å². The van der Waals surface area contributed by atoms with Gasteiger partial charge in [-0.1, -0.05) is 38.1 Å². The van der Waals surface area contributed by atoms with Crippen molar-refractivity contribution < 1.29 is 4.42 Å². The predicted octanol–water partition coefficient (Wildman–Crippen LogP) is 4.26. The van der Waals surface area contributed by atoms with Gasteiger partial charge in [0.1, 0.15) is 11.5 Å². The van der Waals surface area contributed by atoms with Crippen LogP contribution in [0.15, 0.2) is 40.8 Å². The van der Waals surface area contributed by atoms with E-state index in [2.05, 4.69) is 62.5 Å². The van der Waals surface area contributed by atoms with Crippen LogP contribution in [-0.4, -0.2) is 0 Å². The van der Waals surface area contributed by atoms with Gasteiger partial charge in [-0.3, -0.25) is 0 Å². The summed E-state index contributed by atoms with van der Waals surface area (Å²) in [5.41, 5.74) is 2.70. The molecular formula is C17H23NO. The first kappa shape index (κ1) is 13.9. The van der Waals surface area contributed by atoms with Gasteiger partial charge in [0.05, 0.1) is 6.54 Å². The largest absolute Gasteiger partial charge is 0.465 e. The van der Waals surface area contributed by atoms with Gasteiger partial charge in [0, 0.05) is 12.5 Å². The maximum Gasteiger partial charge on any atom is 0.117 e. The van der Waals surface area contributed by atoms with Crippen LogP contribution < -0.4 is 5.32 Å². The summed E-state index contributed by atoms with van der Waals surface area (Å²) in [6.45, 7) is 7.24. The quantitative estimate of drug-likeness (QED) is 0.836. The minimum Gasteiger partial charge on any atom is -0.465 e. The topological polar surface area (TPSA) is 25.2 Å². The van der Waals surface area contributed by atoms with Gasteiger partial charge in [0.15, 0.2) is 0 Å². The highest BCUT2D eigenvalue weighted by Crippen LogP contribution is 2.15. The normalized spacial score (nSPS) is 12.6. The molecular weight excluding hydrogens is 234 g/mol. The van der Waals surface area contributed by atoms with Crippen molar-refractivity contribution >= 4 is 0 Å². The van der Waals surface area contributed by atoms with Gasteiger partial charge in [-0.25, -0.2) is 0 Å². The van der Waals surface area contributed by atoms with E-state index in [1.165, 1.54) is 11.1 Å². The first-order valence-electron chi connectivity index (χ1n) is 7.12. The maximum atomic E-state index is 5.69. The Balaban J connectivity index is 1.90. The Morgan fingerprint density at radius 1 is 0.947 bits per heavy atom. The van der Waals surface area contributed by atoms with Gasteiger partial charge in [0.25, 0.3) is 0 Å². The van der Waals surface area contributed by atoms with Crippen molar-refractivity contribution in [2.24, 2.45) is 0 Å². The molecule has 2 nitrogen and oxygen atoms in total. The summed E-state index contributed by atoms with van der Waals surface area (Å²) in [4.78, 5) is 0. The SMILES string of the molecule is CCc1ccc(C(C)NCc2ccc(CC)o2)cc1. The molecule has 0 amide bonds. The zero-order chi connectivity index (χ0) is 13.7. The number of hydrogen-bond acceptors (Lipinski definition) is 2. The first-order chi connectivity index (χ1) is 9.22. The van der Waals surface area contributed by atoms with Crippen molar-refractivity contribution in [3.63, 3.8) is 0 Å². The zero-order valence-corrected chi connectivity index (χ0v) is 12.1. The molecule has 0 aliphatic rings. The van der Waals surface area contributed by atoms with Crippen LogP contribution in [0.4, 0.5) is 0 Å². The first-order valence-corrected chi connectivity index (χ1v) is 7.12. The number of aryl methyl sites for hydroxylation is 2. The molecule has 0 aliphatic heterocycles. The summed E-state index contributed by atoms with van der Waals surface area (Å²) in [7, 11) is 0. The lowest BCUT2D eigenvalue weighted by molar-refractivity contribution is 0.435. The highest BCUT2D eigenvalue weighted by Gasteiger charge is 2.06. The molecule has 1 aromatic heterocycles. The lowest BCUT2D eigenvalue weighted by Crippen LogP contribution is -2.17. The molecule has 0 saturated carbocycles. The molecule has 0 saturated heterocycles. The van der Waals surface area contributed by atoms with Gasteiger partial charge in [0.2, 0.25) is 0 Å². The van der Waals surface area contributed by atoms with Crippen LogP contribution in [0.25, 0.3) is 0 Å². The van der Waals surface area contributed by atoms with Crippen molar-refractivity contribution in [2.75, 3.05) is 0 Å². The Morgan fingerprint density at radius 3 is 2.21 bits per heavy atom. The molecule has 2 aromatic rings. The third-order valence-electron chi connectivity index (χ3n) is 3.54. The zero-order valence-electron chi connectivity index (χ0n) is 12.1. The summed E-state index contributed by atoms with van der Waals surface area (Å²) in [6, 6.07) is 13.3. The summed E-state index contributed by atoms with van der Waals surface area (Å²) < 4.78 is 5.69. The van der Waals surface area contributed by atoms with Crippen molar-refractivity contribution in [3.05, 3.63) is 59.0 Å². The van der Waals surface area contributed by atoms with E-state index < -0.39 is 0 Å². The van der Waals surface area contributed by atoms with E-state index in [0.29, 0.717) is 6.04 Å². The van der Waals surface area contributed by atoms with Crippen LogP contribution in [0, 0.1) is 0 Å². The number of benzene rings is 1. The van der Waals surface area contributed by atoms with E-state index in [0.717, 1.165) is 30.9 Å². The summed E-state index contributed by atoms with van der Waals surface area (Å²) in [5, 5.41) is 3.50. The van der Waals surface area contributed by atoms with Gasteiger partial charge in [-0.05, 0) is 36.6 Å². The minimum atomic E-state index is 0.334. The molecule has 19 heavy (non-hydrogen) atoms. The highest BCUT2D eigenvalue weighted by atomic mass is 16.3. The molecule has 1 atom stereocenters. The lowest BCUT2D eigenvalue weighted by Gasteiger charge is -2.13. The van der Waals surface area contributed by atoms with E-state index in [9.17, 15) is 0 Å². The molecule has 0 fully saturated rings. The Kier molecular flexibility index (Phi) is 4.80. The highest BCUT2D eigenvalue weighted by molar-refractivity contribution is 5.24.